The second-order valence-electron chi connectivity index (χ2n) is 6.61. The fraction of sp³-hybridized carbons (Fsp3) is 0.600. The van der Waals surface area contributed by atoms with Crippen molar-refractivity contribution in [2.24, 2.45) is 5.41 Å². The number of nitrogens with one attached hydrogen (secondary N) is 1. The summed E-state index contributed by atoms with van der Waals surface area (Å²) < 4.78 is 28.2. The zero-order valence-corrected chi connectivity index (χ0v) is 14.0. The first kappa shape index (κ1) is 16.3. The van der Waals surface area contributed by atoms with E-state index in [1.807, 2.05) is 20.8 Å². The summed E-state index contributed by atoms with van der Waals surface area (Å²) in [4.78, 5) is 0.261. The number of hydrogen-bond acceptors (Lipinski definition) is 4. The Bertz CT molecular complexity index is 654. The number of aliphatic hydroxyl groups is 1. The first-order chi connectivity index (χ1) is 9.48. The van der Waals surface area contributed by atoms with Gasteiger partial charge in [0.15, 0.2) is 0 Å². The third-order valence-corrected chi connectivity index (χ3v) is 6.60. The molecule has 4 N–H and O–H groups in total. The highest BCUT2D eigenvalue weighted by molar-refractivity contribution is 7.89. The number of aryl methyl sites for hydroxylation is 1. The molecule has 1 saturated carbocycles. The lowest BCUT2D eigenvalue weighted by Crippen LogP contribution is -2.61. The molecule has 0 amide bonds. The Morgan fingerprint density at radius 3 is 2.33 bits per heavy atom. The SMILES string of the molecule is Cc1cc(N)c(C)c(S(=O)(=O)NC2CC(O)C2(C)C)c1C. The molecule has 0 aromatic heterocycles. The number of hydrogen-bond donors (Lipinski definition) is 3. The Labute approximate surface area is 126 Å². The summed E-state index contributed by atoms with van der Waals surface area (Å²) >= 11 is 0. The van der Waals surface area contributed by atoms with E-state index >= 15 is 0 Å². The molecule has 2 atom stereocenters. The first-order valence-electron chi connectivity index (χ1n) is 7.05. The number of rotatable bonds is 3. The Hall–Kier alpha value is -1.11. The molecule has 1 aliphatic carbocycles. The average Bonchev–Trinajstić information content (AvgIpc) is 2.36. The molecule has 2 unspecified atom stereocenters. The van der Waals surface area contributed by atoms with Gasteiger partial charge in [0.05, 0.1) is 11.0 Å². The third-order valence-electron chi connectivity index (χ3n) is 4.86. The summed E-state index contributed by atoms with van der Waals surface area (Å²) in [5, 5.41) is 9.76. The van der Waals surface area contributed by atoms with Crippen molar-refractivity contribution in [3.63, 3.8) is 0 Å². The highest BCUT2D eigenvalue weighted by atomic mass is 32.2. The van der Waals surface area contributed by atoms with Gasteiger partial charge in [0.2, 0.25) is 10.0 Å². The van der Waals surface area contributed by atoms with Crippen LogP contribution < -0.4 is 10.5 Å². The molecular formula is C15H24N2O3S. The van der Waals surface area contributed by atoms with E-state index in [1.54, 1.807) is 19.9 Å². The number of nitrogens with two attached hydrogens (primary N) is 1. The molecule has 1 aliphatic rings. The van der Waals surface area contributed by atoms with E-state index in [4.69, 9.17) is 5.73 Å². The molecule has 0 saturated heterocycles. The zero-order chi connectivity index (χ0) is 16.2. The molecule has 0 spiro atoms. The van der Waals surface area contributed by atoms with Gasteiger partial charge in [0.25, 0.3) is 0 Å². The molecule has 5 nitrogen and oxygen atoms in total. The van der Waals surface area contributed by atoms with Crippen LogP contribution in [0, 0.1) is 26.2 Å². The quantitative estimate of drug-likeness (QED) is 0.740. The number of sulfonamides is 1. The standard InChI is InChI=1S/C15H24N2O3S/c1-8-6-11(16)10(3)14(9(8)2)21(19,20)17-12-7-13(18)15(12,4)5/h6,12-13,17-18H,7,16H2,1-5H3. The highest BCUT2D eigenvalue weighted by Crippen LogP contribution is 2.41. The highest BCUT2D eigenvalue weighted by Gasteiger charge is 2.49. The Morgan fingerprint density at radius 2 is 1.86 bits per heavy atom. The van der Waals surface area contributed by atoms with Gasteiger partial charge in [-0.3, -0.25) is 0 Å². The molecule has 0 bridgehead atoms. The van der Waals surface area contributed by atoms with Gasteiger partial charge < -0.3 is 10.8 Å². The van der Waals surface area contributed by atoms with Crippen LogP contribution in [0.15, 0.2) is 11.0 Å². The molecule has 0 radical (unpaired) electrons. The maximum Gasteiger partial charge on any atom is 0.241 e. The van der Waals surface area contributed by atoms with Crippen molar-refractivity contribution in [2.45, 2.75) is 58.1 Å². The van der Waals surface area contributed by atoms with Crippen molar-refractivity contribution in [3.8, 4) is 0 Å². The van der Waals surface area contributed by atoms with Gasteiger partial charge in [-0.1, -0.05) is 13.8 Å². The Kier molecular flexibility index (Phi) is 3.85. The van der Waals surface area contributed by atoms with Gasteiger partial charge in [-0.2, -0.15) is 0 Å². The lowest BCUT2D eigenvalue weighted by Gasteiger charge is -2.49. The van der Waals surface area contributed by atoms with Crippen molar-refractivity contribution in [1.82, 2.24) is 4.72 Å². The predicted octanol–water partition coefficient (Wildman–Crippen LogP) is 1.63. The first-order valence-corrected chi connectivity index (χ1v) is 8.53. The summed E-state index contributed by atoms with van der Waals surface area (Å²) in [6, 6.07) is 1.53. The van der Waals surface area contributed by atoms with Crippen LogP contribution in [-0.4, -0.2) is 25.7 Å². The van der Waals surface area contributed by atoms with Crippen LogP contribution in [0.3, 0.4) is 0 Å². The molecule has 21 heavy (non-hydrogen) atoms. The number of benzene rings is 1. The lowest BCUT2D eigenvalue weighted by molar-refractivity contribution is -0.0645. The monoisotopic (exact) mass is 312 g/mol. The van der Waals surface area contributed by atoms with Crippen molar-refractivity contribution in [3.05, 3.63) is 22.8 Å². The molecule has 1 fully saturated rings. The maximum absolute atomic E-state index is 12.7. The summed E-state index contributed by atoms with van der Waals surface area (Å²) in [6.45, 7) is 9.08. The molecule has 2 rings (SSSR count). The van der Waals surface area contributed by atoms with Gasteiger partial charge in [-0.15, -0.1) is 0 Å². The topological polar surface area (TPSA) is 92.4 Å². The minimum atomic E-state index is -3.66. The van der Waals surface area contributed by atoms with Crippen LogP contribution in [0.1, 0.15) is 37.0 Å². The maximum atomic E-state index is 12.7. The van der Waals surface area contributed by atoms with E-state index in [9.17, 15) is 13.5 Å². The third kappa shape index (κ3) is 2.56. The van der Waals surface area contributed by atoms with E-state index in [-0.39, 0.29) is 10.9 Å². The summed E-state index contributed by atoms with van der Waals surface area (Å²) in [7, 11) is -3.66. The van der Waals surface area contributed by atoms with Gasteiger partial charge in [0.1, 0.15) is 0 Å². The molecule has 6 heteroatoms. The Morgan fingerprint density at radius 1 is 1.29 bits per heavy atom. The minimum Gasteiger partial charge on any atom is -0.398 e. The van der Waals surface area contributed by atoms with Crippen LogP contribution in [0.4, 0.5) is 5.69 Å². The van der Waals surface area contributed by atoms with E-state index in [0.717, 1.165) is 5.56 Å². The summed E-state index contributed by atoms with van der Waals surface area (Å²) in [6.07, 6.45) is -0.0407. The van der Waals surface area contributed by atoms with Crippen LogP contribution in [-0.2, 0) is 10.0 Å². The predicted molar refractivity (Wildman–Crippen MR) is 83.6 cm³/mol. The summed E-state index contributed by atoms with van der Waals surface area (Å²) in [5.41, 5.74) is 8.07. The van der Waals surface area contributed by atoms with Gasteiger partial charge in [-0.05, 0) is 49.9 Å². The number of nitrogen functional groups attached to an aromatic ring is 1. The molecule has 1 aromatic rings. The van der Waals surface area contributed by atoms with E-state index in [2.05, 4.69) is 4.72 Å². The van der Waals surface area contributed by atoms with E-state index in [1.165, 1.54) is 0 Å². The van der Waals surface area contributed by atoms with Gasteiger partial charge in [-0.25, -0.2) is 13.1 Å². The second-order valence-corrected chi connectivity index (χ2v) is 8.26. The molecule has 1 aromatic carbocycles. The number of anilines is 1. The van der Waals surface area contributed by atoms with Crippen LogP contribution in [0.25, 0.3) is 0 Å². The fourth-order valence-electron chi connectivity index (χ4n) is 2.79. The second kappa shape index (κ2) is 4.97. The molecule has 0 heterocycles. The zero-order valence-electron chi connectivity index (χ0n) is 13.2. The molecular weight excluding hydrogens is 288 g/mol. The van der Waals surface area contributed by atoms with Crippen LogP contribution >= 0.6 is 0 Å². The van der Waals surface area contributed by atoms with Crippen molar-refractivity contribution >= 4 is 15.7 Å². The van der Waals surface area contributed by atoms with Crippen LogP contribution in [0.2, 0.25) is 0 Å². The van der Waals surface area contributed by atoms with Crippen LogP contribution in [0.5, 0.6) is 0 Å². The summed E-state index contributed by atoms with van der Waals surface area (Å²) in [5.74, 6) is 0. The van der Waals surface area contributed by atoms with Gasteiger partial charge >= 0.3 is 0 Å². The number of aliphatic hydroxyl groups excluding tert-OH is 1. The Balaban J connectivity index is 2.42. The average molecular weight is 312 g/mol. The van der Waals surface area contributed by atoms with Gasteiger partial charge in [0, 0.05) is 17.1 Å². The lowest BCUT2D eigenvalue weighted by atomic mass is 9.65. The molecule has 118 valence electrons. The minimum absolute atomic E-state index is 0.261. The van der Waals surface area contributed by atoms with E-state index < -0.39 is 21.5 Å². The molecule has 0 aliphatic heterocycles. The largest absolute Gasteiger partial charge is 0.398 e. The smallest absolute Gasteiger partial charge is 0.241 e. The fourth-order valence-corrected chi connectivity index (χ4v) is 4.77. The van der Waals surface area contributed by atoms with Crippen molar-refractivity contribution < 1.29 is 13.5 Å². The van der Waals surface area contributed by atoms with Crippen molar-refractivity contribution in [1.29, 1.82) is 0 Å². The van der Waals surface area contributed by atoms with Crippen molar-refractivity contribution in [2.75, 3.05) is 5.73 Å². The normalized spacial score (nSPS) is 24.7. The van der Waals surface area contributed by atoms with E-state index in [0.29, 0.717) is 23.2 Å².